The van der Waals surface area contributed by atoms with Gasteiger partial charge in [0.25, 0.3) is 0 Å². The highest BCUT2D eigenvalue weighted by molar-refractivity contribution is 9.10. The van der Waals surface area contributed by atoms with Crippen LogP contribution in [0.1, 0.15) is 31.0 Å². The van der Waals surface area contributed by atoms with Crippen molar-refractivity contribution >= 4 is 15.9 Å². The number of halogens is 1. The fraction of sp³-hybridized carbons (Fsp3) is 0.353. The Morgan fingerprint density at radius 3 is 2.86 bits per heavy atom. The monoisotopic (exact) mass is 346 g/mol. The Hall–Kier alpha value is -1.39. The highest BCUT2D eigenvalue weighted by Gasteiger charge is 2.20. The Kier molecular flexibility index (Phi) is 4.56. The summed E-state index contributed by atoms with van der Waals surface area (Å²) < 4.78 is 6.90. The molecule has 1 heterocycles. The molecule has 0 spiro atoms. The number of hydrogen-bond donors (Lipinski definition) is 1. The SMILES string of the molecule is CCc1cc(CNC2CC2)cc(Oc2cccc(Br)c2)n1. The van der Waals surface area contributed by atoms with Gasteiger partial charge in [0.15, 0.2) is 0 Å². The number of pyridine rings is 1. The van der Waals surface area contributed by atoms with Crippen LogP contribution in [0.2, 0.25) is 0 Å². The van der Waals surface area contributed by atoms with Crippen LogP contribution in [0.15, 0.2) is 40.9 Å². The van der Waals surface area contributed by atoms with Crippen molar-refractivity contribution in [2.24, 2.45) is 0 Å². The second-order valence-corrected chi connectivity index (χ2v) is 6.29. The molecule has 1 fully saturated rings. The molecule has 0 radical (unpaired) electrons. The summed E-state index contributed by atoms with van der Waals surface area (Å²) in [5.74, 6) is 1.46. The van der Waals surface area contributed by atoms with Gasteiger partial charge in [-0.05, 0) is 49.1 Å². The van der Waals surface area contributed by atoms with Gasteiger partial charge in [-0.15, -0.1) is 0 Å². The second kappa shape index (κ2) is 6.58. The largest absolute Gasteiger partial charge is 0.439 e. The maximum Gasteiger partial charge on any atom is 0.219 e. The summed E-state index contributed by atoms with van der Waals surface area (Å²) in [5, 5.41) is 3.53. The molecular weight excluding hydrogens is 328 g/mol. The Morgan fingerprint density at radius 2 is 2.14 bits per heavy atom. The highest BCUT2D eigenvalue weighted by atomic mass is 79.9. The van der Waals surface area contributed by atoms with Crippen LogP contribution in [0, 0.1) is 0 Å². The molecule has 3 nitrogen and oxygen atoms in total. The van der Waals surface area contributed by atoms with Crippen molar-refractivity contribution in [2.45, 2.75) is 38.8 Å². The van der Waals surface area contributed by atoms with Crippen molar-refractivity contribution in [3.63, 3.8) is 0 Å². The van der Waals surface area contributed by atoms with Crippen LogP contribution >= 0.6 is 15.9 Å². The van der Waals surface area contributed by atoms with Crippen molar-refractivity contribution in [1.29, 1.82) is 0 Å². The molecule has 1 aliphatic rings. The Labute approximate surface area is 133 Å². The molecule has 0 amide bonds. The molecule has 0 saturated heterocycles. The third-order valence-electron chi connectivity index (χ3n) is 3.47. The summed E-state index contributed by atoms with van der Waals surface area (Å²) in [7, 11) is 0. The van der Waals surface area contributed by atoms with Gasteiger partial charge in [0, 0.05) is 28.8 Å². The molecule has 2 aromatic rings. The quantitative estimate of drug-likeness (QED) is 0.838. The van der Waals surface area contributed by atoms with Crippen molar-refractivity contribution in [1.82, 2.24) is 10.3 Å². The number of nitrogens with one attached hydrogen (secondary N) is 1. The molecule has 3 rings (SSSR count). The first-order valence-electron chi connectivity index (χ1n) is 7.39. The van der Waals surface area contributed by atoms with Gasteiger partial charge >= 0.3 is 0 Å². The zero-order valence-corrected chi connectivity index (χ0v) is 13.7. The summed E-state index contributed by atoms with van der Waals surface area (Å²) in [6.07, 6.45) is 3.51. The molecule has 0 bridgehead atoms. The molecule has 0 atom stereocenters. The molecule has 0 unspecified atom stereocenters. The van der Waals surface area contributed by atoms with Crippen LogP contribution in [0.3, 0.4) is 0 Å². The molecule has 4 heteroatoms. The first-order valence-corrected chi connectivity index (χ1v) is 8.19. The van der Waals surface area contributed by atoms with Gasteiger partial charge in [0.05, 0.1) is 0 Å². The van der Waals surface area contributed by atoms with Gasteiger partial charge in [-0.1, -0.05) is 28.9 Å². The zero-order chi connectivity index (χ0) is 14.7. The average molecular weight is 347 g/mol. The molecule has 1 aromatic heterocycles. The van der Waals surface area contributed by atoms with Crippen LogP contribution in [0.25, 0.3) is 0 Å². The summed E-state index contributed by atoms with van der Waals surface area (Å²) in [5.41, 5.74) is 2.30. The van der Waals surface area contributed by atoms with E-state index in [9.17, 15) is 0 Å². The predicted molar refractivity (Wildman–Crippen MR) is 87.7 cm³/mol. The van der Waals surface area contributed by atoms with E-state index < -0.39 is 0 Å². The normalized spacial score (nSPS) is 14.2. The number of aromatic nitrogens is 1. The third-order valence-corrected chi connectivity index (χ3v) is 3.96. The lowest BCUT2D eigenvalue weighted by atomic mass is 10.2. The molecule has 1 saturated carbocycles. The number of aryl methyl sites for hydroxylation is 1. The Morgan fingerprint density at radius 1 is 1.29 bits per heavy atom. The van der Waals surface area contributed by atoms with E-state index in [0.717, 1.165) is 28.9 Å². The molecular formula is C17H19BrN2O. The van der Waals surface area contributed by atoms with Gasteiger partial charge in [0.1, 0.15) is 5.75 Å². The summed E-state index contributed by atoms with van der Waals surface area (Å²) in [6.45, 7) is 3.00. The first kappa shape index (κ1) is 14.5. The fourth-order valence-corrected chi connectivity index (χ4v) is 2.53. The van der Waals surface area contributed by atoms with E-state index >= 15 is 0 Å². The van der Waals surface area contributed by atoms with E-state index in [2.05, 4.69) is 39.2 Å². The highest BCUT2D eigenvalue weighted by Crippen LogP contribution is 2.25. The molecule has 0 aliphatic heterocycles. The minimum atomic E-state index is 0.667. The van der Waals surface area contributed by atoms with E-state index in [1.807, 2.05) is 30.3 Å². The van der Waals surface area contributed by atoms with Crippen LogP contribution in [-0.2, 0) is 13.0 Å². The summed E-state index contributed by atoms with van der Waals surface area (Å²) in [6, 6.07) is 12.7. The van der Waals surface area contributed by atoms with Crippen LogP contribution in [0.5, 0.6) is 11.6 Å². The van der Waals surface area contributed by atoms with Crippen LogP contribution in [0.4, 0.5) is 0 Å². The summed E-state index contributed by atoms with van der Waals surface area (Å²) >= 11 is 3.46. The van der Waals surface area contributed by atoms with Crippen molar-refractivity contribution in [2.75, 3.05) is 0 Å². The zero-order valence-electron chi connectivity index (χ0n) is 12.1. The van der Waals surface area contributed by atoms with Crippen molar-refractivity contribution in [3.8, 4) is 11.6 Å². The lowest BCUT2D eigenvalue weighted by molar-refractivity contribution is 0.459. The van der Waals surface area contributed by atoms with Gasteiger partial charge < -0.3 is 10.1 Å². The van der Waals surface area contributed by atoms with E-state index in [-0.39, 0.29) is 0 Å². The number of ether oxygens (including phenoxy) is 1. The molecule has 21 heavy (non-hydrogen) atoms. The maximum absolute atomic E-state index is 5.90. The first-order chi connectivity index (χ1) is 10.2. The predicted octanol–water partition coefficient (Wildman–Crippen LogP) is 4.45. The number of hydrogen-bond acceptors (Lipinski definition) is 3. The minimum absolute atomic E-state index is 0.667. The molecule has 1 aromatic carbocycles. The Balaban J connectivity index is 1.77. The number of benzene rings is 1. The van der Waals surface area contributed by atoms with E-state index in [4.69, 9.17) is 4.74 Å². The summed E-state index contributed by atoms with van der Waals surface area (Å²) in [4.78, 5) is 4.55. The van der Waals surface area contributed by atoms with Crippen LogP contribution < -0.4 is 10.1 Å². The van der Waals surface area contributed by atoms with Gasteiger partial charge in [-0.25, -0.2) is 4.98 Å². The van der Waals surface area contributed by atoms with Crippen molar-refractivity contribution < 1.29 is 4.74 Å². The topological polar surface area (TPSA) is 34.1 Å². The number of rotatable bonds is 6. The smallest absolute Gasteiger partial charge is 0.219 e. The Bertz CT molecular complexity index is 626. The van der Waals surface area contributed by atoms with Gasteiger partial charge in [-0.3, -0.25) is 0 Å². The van der Waals surface area contributed by atoms with Gasteiger partial charge in [-0.2, -0.15) is 0 Å². The molecule has 110 valence electrons. The standard InChI is InChI=1S/C17H19BrN2O/c1-2-14-8-12(11-19-15-6-7-15)9-17(20-14)21-16-5-3-4-13(18)10-16/h3-5,8-10,15,19H,2,6-7,11H2,1H3. The second-order valence-electron chi connectivity index (χ2n) is 5.37. The average Bonchev–Trinajstić information content (AvgIpc) is 3.29. The number of nitrogens with zero attached hydrogens (tertiary/aromatic N) is 1. The molecule has 1 aliphatic carbocycles. The lowest BCUT2D eigenvalue weighted by Crippen LogP contribution is -2.15. The van der Waals surface area contributed by atoms with E-state index in [0.29, 0.717) is 11.9 Å². The van der Waals surface area contributed by atoms with E-state index in [1.165, 1.54) is 18.4 Å². The van der Waals surface area contributed by atoms with E-state index in [1.54, 1.807) is 0 Å². The third kappa shape index (κ3) is 4.29. The van der Waals surface area contributed by atoms with Crippen molar-refractivity contribution in [3.05, 3.63) is 52.1 Å². The van der Waals surface area contributed by atoms with Crippen LogP contribution in [-0.4, -0.2) is 11.0 Å². The maximum atomic E-state index is 5.90. The van der Waals surface area contributed by atoms with Gasteiger partial charge in [0.2, 0.25) is 5.88 Å². The lowest BCUT2D eigenvalue weighted by Gasteiger charge is -2.10. The fourth-order valence-electron chi connectivity index (χ4n) is 2.16. The molecule has 1 N–H and O–H groups in total. The minimum Gasteiger partial charge on any atom is -0.439 e.